The molecule has 0 aliphatic heterocycles. The molecule has 1 aromatic heterocycles. The second kappa shape index (κ2) is 8.93. The molecule has 130 valence electrons. The fourth-order valence-electron chi connectivity index (χ4n) is 2.13. The third-order valence-electron chi connectivity index (χ3n) is 3.32. The Kier molecular flexibility index (Phi) is 6.62. The summed E-state index contributed by atoms with van der Waals surface area (Å²) in [5, 5.41) is 7.02. The number of benzene rings is 1. The molecular formula is C17H23N3O4. The SMILES string of the molecule is COCCOc1cc(NC(=O)CCn2cc(C)cn2)ccc1OC. The second-order valence-corrected chi connectivity index (χ2v) is 5.29. The van der Waals surface area contributed by atoms with Crippen molar-refractivity contribution < 1.29 is 19.0 Å². The molecule has 7 nitrogen and oxygen atoms in total. The van der Waals surface area contributed by atoms with Crippen molar-refractivity contribution in [2.24, 2.45) is 0 Å². The fraction of sp³-hybridized carbons (Fsp3) is 0.412. The summed E-state index contributed by atoms with van der Waals surface area (Å²) >= 11 is 0. The number of anilines is 1. The Labute approximate surface area is 141 Å². The number of nitrogens with one attached hydrogen (secondary N) is 1. The van der Waals surface area contributed by atoms with Crippen LogP contribution >= 0.6 is 0 Å². The van der Waals surface area contributed by atoms with Gasteiger partial charge in [-0.3, -0.25) is 9.48 Å². The van der Waals surface area contributed by atoms with E-state index in [0.717, 1.165) is 5.56 Å². The minimum atomic E-state index is -0.0869. The standard InChI is InChI=1S/C17H23N3O4/c1-13-11-18-20(12-13)7-6-17(21)19-14-4-5-15(23-3)16(10-14)24-9-8-22-2/h4-5,10-12H,6-9H2,1-3H3,(H,19,21). The fourth-order valence-corrected chi connectivity index (χ4v) is 2.13. The topological polar surface area (TPSA) is 74.6 Å². The van der Waals surface area contributed by atoms with Crippen LogP contribution in [0.5, 0.6) is 11.5 Å². The average molecular weight is 333 g/mol. The van der Waals surface area contributed by atoms with Crippen LogP contribution < -0.4 is 14.8 Å². The largest absolute Gasteiger partial charge is 0.493 e. The third kappa shape index (κ3) is 5.27. The Balaban J connectivity index is 1.92. The molecule has 0 bridgehead atoms. The highest BCUT2D eigenvalue weighted by molar-refractivity contribution is 5.91. The van der Waals surface area contributed by atoms with Crippen molar-refractivity contribution in [3.8, 4) is 11.5 Å². The number of hydrogen-bond donors (Lipinski definition) is 1. The quantitative estimate of drug-likeness (QED) is 0.713. The van der Waals surface area contributed by atoms with Crippen LogP contribution in [0.2, 0.25) is 0 Å². The lowest BCUT2D eigenvalue weighted by molar-refractivity contribution is -0.116. The van der Waals surface area contributed by atoms with Gasteiger partial charge in [0.15, 0.2) is 11.5 Å². The highest BCUT2D eigenvalue weighted by Gasteiger charge is 2.09. The van der Waals surface area contributed by atoms with Gasteiger partial charge in [0.2, 0.25) is 5.91 Å². The minimum Gasteiger partial charge on any atom is -0.493 e. The maximum absolute atomic E-state index is 12.1. The number of aromatic nitrogens is 2. The zero-order chi connectivity index (χ0) is 17.4. The van der Waals surface area contributed by atoms with E-state index in [1.165, 1.54) is 0 Å². The van der Waals surface area contributed by atoms with Crippen molar-refractivity contribution in [3.05, 3.63) is 36.2 Å². The molecule has 0 aliphatic carbocycles. The van der Waals surface area contributed by atoms with Crippen LogP contribution in [-0.2, 0) is 16.1 Å². The lowest BCUT2D eigenvalue weighted by Crippen LogP contribution is -2.15. The number of hydrogen-bond acceptors (Lipinski definition) is 5. The summed E-state index contributed by atoms with van der Waals surface area (Å²) in [6, 6.07) is 5.27. The predicted molar refractivity (Wildman–Crippen MR) is 90.6 cm³/mol. The molecule has 0 spiro atoms. The first kappa shape index (κ1) is 17.8. The zero-order valence-electron chi connectivity index (χ0n) is 14.2. The molecule has 2 aromatic rings. The van der Waals surface area contributed by atoms with Crippen molar-refractivity contribution >= 4 is 11.6 Å². The van der Waals surface area contributed by atoms with Crippen LogP contribution in [0.25, 0.3) is 0 Å². The molecule has 24 heavy (non-hydrogen) atoms. The van der Waals surface area contributed by atoms with Crippen LogP contribution in [0.3, 0.4) is 0 Å². The molecule has 0 fully saturated rings. The Morgan fingerprint density at radius 1 is 1.25 bits per heavy atom. The second-order valence-electron chi connectivity index (χ2n) is 5.29. The molecule has 0 unspecified atom stereocenters. The van der Waals surface area contributed by atoms with Gasteiger partial charge in [0.05, 0.1) is 19.9 Å². The van der Waals surface area contributed by atoms with Gasteiger partial charge in [0.25, 0.3) is 0 Å². The first-order valence-electron chi connectivity index (χ1n) is 7.71. The maximum Gasteiger partial charge on any atom is 0.226 e. The number of rotatable bonds is 9. The molecule has 0 radical (unpaired) electrons. The number of carbonyl (C=O) groups is 1. The number of methoxy groups -OCH3 is 2. The van der Waals surface area contributed by atoms with Crippen LogP contribution in [0.4, 0.5) is 5.69 Å². The van der Waals surface area contributed by atoms with Gasteiger partial charge in [-0.1, -0.05) is 0 Å². The molecule has 0 saturated carbocycles. The first-order valence-corrected chi connectivity index (χ1v) is 7.71. The molecule has 2 rings (SSSR count). The Hall–Kier alpha value is -2.54. The van der Waals surface area contributed by atoms with Gasteiger partial charge in [0.1, 0.15) is 6.61 Å². The summed E-state index contributed by atoms with van der Waals surface area (Å²) in [6.07, 6.45) is 4.01. The van der Waals surface area contributed by atoms with Crippen molar-refractivity contribution in [1.29, 1.82) is 0 Å². The molecule has 7 heteroatoms. The summed E-state index contributed by atoms with van der Waals surface area (Å²) in [4.78, 5) is 12.1. The normalized spacial score (nSPS) is 10.5. The third-order valence-corrected chi connectivity index (χ3v) is 3.32. The van der Waals surface area contributed by atoms with Crippen molar-refractivity contribution in [2.75, 3.05) is 32.8 Å². The van der Waals surface area contributed by atoms with Gasteiger partial charge in [-0.15, -0.1) is 0 Å². The maximum atomic E-state index is 12.1. The van der Waals surface area contributed by atoms with Gasteiger partial charge in [-0.25, -0.2) is 0 Å². The minimum absolute atomic E-state index is 0.0869. The molecule has 1 N–H and O–H groups in total. The van der Waals surface area contributed by atoms with Crippen LogP contribution in [0, 0.1) is 6.92 Å². The summed E-state index contributed by atoms with van der Waals surface area (Å²) in [6.45, 7) is 3.38. The van der Waals surface area contributed by atoms with Gasteiger partial charge < -0.3 is 19.5 Å². The van der Waals surface area contributed by atoms with E-state index in [1.54, 1.807) is 43.3 Å². The highest BCUT2D eigenvalue weighted by atomic mass is 16.5. The van der Waals surface area contributed by atoms with E-state index in [4.69, 9.17) is 14.2 Å². The predicted octanol–water partition coefficient (Wildman–Crippen LogP) is 2.25. The van der Waals surface area contributed by atoms with Gasteiger partial charge in [0, 0.05) is 38.0 Å². The Morgan fingerprint density at radius 2 is 2.08 bits per heavy atom. The molecular weight excluding hydrogens is 310 g/mol. The first-order chi connectivity index (χ1) is 11.6. The smallest absolute Gasteiger partial charge is 0.226 e. The van der Waals surface area contributed by atoms with Crippen molar-refractivity contribution in [2.45, 2.75) is 19.9 Å². The summed E-state index contributed by atoms with van der Waals surface area (Å²) < 4.78 is 17.6. The number of nitrogens with zero attached hydrogens (tertiary/aromatic N) is 2. The molecule has 0 aliphatic rings. The molecule has 1 heterocycles. The van der Waals surface area contributed by atoms with Crippen molar-refractivity contribution in [1.82, 2.24) is 9.78 Å². The van der Waals surface area contributed by atoms with Crippen LogP contribution in [-0.4, -0.2) is 43.1 Å². The van der Waals surface area contributed by atoms with Gasteiger partial charge >= 0.3 is 0 Å². The van der Waals surface area contributed by atoms with Gasteiger partial charge in [-0.05, 0) is 24.6 Å². The van der Waals surface area contributed by atoms with Gasteiger partial charge in [-0.2, -0.15) is 5.10 Å². The summed E-state index contributed by atoms with van der Waals surface area (Å²) in [7, 11) is 3.18. The lowest BCUT2D eigenvalue weighted by atomic mass is 10.2. The van der Waals surface area contributed by atoms with E-state index in [1.807, 2.05) is 13.1 Å². The van der Waals surface area contributed by atoms with E-state index in [0.29, 0.717) is 43.4 Å². The van der Waals surface area contributed by atoms with E-state index in [9.17, 15) is 4.79 Å². The molecule has 1 amide bonds. The Bertz CT molecular complexity index is 670. The van der Waals surface area contributed by atoms with E-state index < -0.39 is 0 Å². The molecule has 0 saturated heterocycles. The molecule has 1 aromatic carbocycles. The van der Waals surface area contributed by atoms with E-state index >= 15 is 0 Å². The van der Waals surface area contributed by atoms with Crippen molar-refractivity contribution in [3.63, 3.8) is 0 Å². The lowest BCUT2D eigenvalue weighted by Gasteiger charge is -2.13. The summed E-state index contributed by atoms with van der Waals surface area (Å²) in [5.74, 6) is 1.09. The molecule has 0 atom stereocenters. The zero-order valence-corrected chi connectivity index (χ0v) is 14.2. The monoisotopic (exact) mass is 333 g/mol. The van der Waals surface area contributed by atoms with E-state index in [2.05, 4.69) is 10.4 Å². The number of ether oxygens (including phenoxy) is 3. The number of amides is 1. The summed E-state index contributed by atoms with van der Waals surface area (Å²) in [5.41, 5.74) is 1.73. The van der Waals surface area contributed by atoms with Crippen LogP contribution in [0.15, 0.2) is 30.6 Å². The Morgan fingerprint density at radius 3 is 2.75 bits per heavy atom. The van der Waals surface area contributed by atoms with E-state index in [-0.39, 0.29) is 5.91 Å². The number of aryl methyl sites for hydroxylation is 2. The van der Waals surface area contributed by atoms with Crippen LogP contribution in [0.1, 0.15) is 12.0 Å². The average Bonchev–Trinajstić information content (AvgIpc) is 2.99. The highest BCUT2D eigenvalue weighted by Crippen LogP contribution is 2.30. The number of carbonyl (C=O) groups excluding carboxylic acids is 1.